The molecule has 0 aliphatic carbocycles. The summed E-state index contributed by atoms with van der Waals surface area (Å²) < 4.78 is 25.0. The topological polar surface area (TPSA) is 123 Å². The number of anilines is 1. The lowest BCUT2D eigenvalue weighted by Gasteiger charge is -2.04. The third kappa shape index (κ3) is 2.95. The van der Waals surface area contributed by atoms with Crippen molar-refractivity contribution in [2.45, 2.75) is 11.8 Å². The van der Waals surface area contributed by atoms with Crippen molar-refractivity contribution in [3.63, 3.8) is 0 Å². The van der Waals surface area contributed by atoms with Gasteiger partial charge in [-0.3, -0.25) is 9.89 Å². The lowest BCUT2D eigenvalue weighted by molar-refractivity contribution is 0.101. The lowest BCUT2D eigenvalue weighted by atomic mass is 10.2. The highest BCUT2D eigenvalue weighted by Crippen LogP contribution is 2.29. The first-order chi connectivity index (χ1) is 11.2. The Hall–Kier alpha value is -2.17. The summed E-state index contributed by atoms with van der Waals surface area (Å²) in [6.07, 6.45) is 1.29. The molecular formula is C14H14BrN5O3S. The van der Waals surface area contributed by atoms with Gasteiger partial charge in [-0.2, -0.15) is 5.10 Å². The van der Waals surface area contributed by atoms with Crippen molar-refractivity contribution in [1.82, 2.24) is 14.8 Å². The first-order valence-electron chi connectivity index (χ1n) is 6.81. The third-order valence-electron chi connectivity index (χ3n) is 3.54. The van der Waals surface area contributed by atoms with Crippen molar-refractivity contribution in [1.29, 1.82) is 0 Å². The fourth-order valence-electron chi connectivity index (χ4n) is 2.40. The van der Waals surface area contributed by atoms with Crippen LogP contribution in [-0.2, 0) is 17.1 Å². The van der Waals surface area contributed by atoms with E-state index in [9.17, 15) is 13.2 Å². The molecule has 0 unspecified atom stereocenters. The number of aromatic amines is 1. The predicted molar refractivity (Wildman–Crippen MR) is 93.3 cm³/mol. The second kappa shape index (κ2) is 5.72. The average molecular weight is 412 g/mol. The number of aryl methyl sites for hydroxylation is 2. The van der Waals surface area contributed by atoms with E-state index in [0.29, 0.717) is 5.82 Å². The van der Waals surface area contributed by atoms with E-state index in [4.69, 9.17) is 5.14 Å². The highest BCUT2D eigenvalue weighted by atomic mass is 79.9. The molecule has 1 aromatic carbocycles. The maximum atomic E-state index is 12.5. The van der Waals surface area contributed by atoms with Crippen molar-refractivity contribution < 1.29 is 13.2 Å². The van der Waals surface area contributed by atoms with Gasteiger partial charge >= 0.3 is 0 Å². The molecule has 10 heteroatoms. The number of nitrogens with two attached hydrogens (primary N) is 1. The van der Waals surface area contributed by atoms with Crippen LogP contribution in [0.2, 0.25) is 0 Å². The molecule has 0 radical (unpaired) electrons. The third-order valence-corrected chi connectivity index (χ3v) is 5.05. The molecule has 0 saturated carbocycles. The van der Waals surface area contributed by atoms with Gasteiger partial charge in [0.2, 0.25) is 10.0 Å². The molecule has 126 valence electrons. The molecule has 1 amide bonds. The molecule has 4 N–H and O–H groups in total. The van der Waals surface area contributed by atoms with Crippen LogP contribution in [0.25, 0.3) is 10.9 Å². The summed E-state index contributed by atoms with van der Waals surface area (Å²) in [5.41, 5.74) is 1.91. The molecule has 0 aliphatic rings. The number of aromatic nitrogens is 3. The van der Waals surface area contributed by atoms with Crippen molar-refractivity contribution >= 4 is 48.6 Å². The van der Waals surface area contributed by atoms with Crippen molar-refractivity contribution in [3.05, 3.63) is 40.1 Å². The minimum absolute atomic E-state index is 0.124. The Morgan fingerprint density at radius 1 is 1.38 bits per heavy atom. The number of carbonyl (C=O) groups excluding carboxylic acids is 1. The van der Waals surface area contributed by atoms with Gasteiger partial charge < -0.3 is 9.88 Å². The smallest absolute Gasteiger partial charge is 0.273 e. The maximum absolute atomic E-state index is 12.5. The molecule has 2 heterocycles. The molecule has 0 atom stereocenters. The Morgan fingerprint density at radius 2 is 2.08 bits per heavy atom. The average Bonchev–Trinajstić information content (AvgIpc) is 3.03. The van der Waals surface area contributed by atoms with Crippen LogP contribution in [0.1, 0.15) is 16.1 Å². The van der Waals surface area contributed by atoms with Crippen LogP contribution in [-0.4, -0.2) is 29.1 Å². The van der Waals surface area contributed by atoms with E-state index in [-0.39, 0.29) is 10.6 Å². The van der Waals surface area contributed by atoms with E-state index in [1.807, 2.05) is 19.1 Å². The van der Waals surface area contributed by atoms with Gasteiger partial charge in [-0.15, -0.1) is 0 Å². The molecule has 24 heavy (non-hydrogen) atoms. The standard InChI is InChI=1S/C14H14BrN5O3S/c1-7-3-9-12(10(15)4-7)18-19-13(9)17-14(21)11-5-8(6-20(11)2)24(16,22)23/h3-6H,1-2H3,(H2,16,22,23)(H2,17,18,19,21). The van der Waals surface area contributed by atoms with Crippen molar-refractivity contribution in [2.75, 3.05) is 5.32 Å². The van der Waals surface area contributed by atoms with Crippen LogP contribution < -0.4 is 10.5 Å². The molecule has 0 fully saturated rings. The van der Waals surface area contributed by atoms with Crippen molar-refractivity contribution in [3.8, 4) is 0 Å². The number of hydrogen-bond donors (Lipinski definition) is 3. The Labute approximate surface area is 146 Å². The number of hydrogen-bond acceptors (Lipinski definition) is 4. The quantitative estimate of drug-likeness (QED) is 0.608. The molecule has 0 bridgehead atoms. The molecule has 0 saturated heterocycles. The Kier molecular flexibility index (Phi) is 3.98. The summed E-state index contributed by atoms with van der Waals surface area (Å²) in [4.78, 5) is 12.3. The lowest BCUT2D eigenvalue weighted by Crippen LogP contribution is -2.15. The zero-order valence-electron chi connectivity index (χ0n) is 12.8. The number of primary sulfonamides is 1. The molecule has 2 aromatic heterocycles. The van der Waals surface area contributed by atoms with E-state index in [1.54, 1.807) is 7.05 Å². The molecule has 0 aliphatic heterocycles. The molecule has 0 spiro atoms. The van der Waals surface area contributed by atoms with Crippen LogP contribution in [0.3, 0.4) is 0 Å². The van der Waals surface area contributed by atoms with Gasteiger partial charge in [-0.05, 0) is 46.6 Å². The second-order valence-corrected chi connectivity index (χ2v) is 7.83. The number of rotatable bonds is 3. The summed E-state index contributed by atoms with van der Waals surface area (Å²) in [5, 5.41) is 15.5. The number of H-pyrrole nitrogens is 1. The van der Waals surface area contributed by atoms with E-state index in [1.165, 1.54) is 16.8 Å². The summed E-state index contributed by atoms with van der Waals surface area (Å²) in [6.45, 7) is 1.93. The largest absolute Gasteiger partial charge is 0.345 e. The van der Waals surface area contributed by atoms with Gasteiger partial charge in [0.15, 0.2) is 5.82 Å². The highest BCUT2D eigenvalue weighted by molar-refractivity contribution is 9.10. The number of sulfonamides is 1. The number of benzene rings is 1. The van der Waals surface area contributed by atoms with Crippen LogP contribution in [0, 0.1) is 6.92 Å². The van der Waals surface area contributed by atoms with E-state index < -0.39 is 15.9 Å². The summed E-state index contributed by atoms with van der Waals surface area (Å²) in [6, 6.07) is 5.04. The van der Waals surface area contributed by atoms with Gasteiger partial charge in [0, 0.05) is 23.1 Å². The molecule has 3 rings (SSSR count). The highest BCUT2D eigenvalue weighted by Gasteiger charge is 2.19. The van der Waals surface area contributed by atoms with E-state index in [0.717, 1.165) is 20.9 Å². The second-order valence-electron chi connectivity index (χ2n) is 5.41. The van der Waals surface area contributed by atoms with E-state index >= 15 is 0 Å². The van der Waals surface area contributed by atoms with Crippen LogP contribution in [0.5, 0.6) is 0 Å². The maximum Gasteiger partial charge on any atom is 0.273 e. The Morgan fingerprint density at radius 3 is 2.71 bits per heavy atom. The first kappa shape index (κ1) is 16.7. The zero-order chi connectivity index (χ0) is 17.6. The minimum Gasteiger partial charge on any atom is -0.345 e. The first-order valence-corrected chi connectivity index (χ1v) is 9.15. The number of nitrogens with one attached hydrogen (secondary N) is 2. The number of halogens is 1. The van der Waals surface area contributed by atoms with Gasteiger partial charge in [0.1, 0.15) is 10.6 Å². The Bertz CT molecular complexity index is 1070. The fourth-order valence-corrected chi connectivity index (χ4v) is 3.64. The van der Waals surface area contributed by atoms with Gasteiger partial charge in [0.05, 0.1) is 5.52 Å². The number of amides is 1. The molecule has 3 aromatic rings. The molecular weight excluding hydrogens is 398 g/mol. The summed E-state index contributed by atoms with van der Waals surface area (Å²) in [5.74, 6) is -0.129. The Balaban J connectivity index is 1.98. The summed E-state index contributed by atoms with van der Waals surface area (Å²) in [7, 11) is -2.31. The monoisotopic (exact) mass is 411 g/mol. The summed E-state index contributed by atoms with van der Waals surface area (Å²) >= 11 is 3.44. The number of fused-ring (bicyclic) bond motifs is 1. The van der Waals surface area contributed by atoms with Crippen LogP contribution in [0.15, 0.2) is 33.8 Å². The van der Waals surface area contributed by atoms with Gasteiger partial charge in [0.25, 0.3) is 5.91 Å². The number of nitrogens with zero attached hydrogens (tertiary/aromatic N) is 2. The normalized spacial score (nSPS) is 11.8. The van der Waals surface area contributed by atoms with Crippen molar-refractivity contribution in [2.24, 2.45) is 12.2 Å². The van der Waals surface area contributed by atoms with Gasteiger partial charge in [-0.1, -0.05) is 0 Å². The van der Waals surface area contributed by atoms with E-state index in [2.05, 4.69) is 31.4 Å². The number of carbonyl (C=O) groups is 1. The predicted octanol–water partition coefficient (Wildman–Crippen LogP) is 1.87. The van der Waals surface area contributed by atoms with Crippen LogP contribution >= 0.6 is 15.9 Å². The van der Waals surface area contributed by atoms with Gasteiger partial charge in [-0.25, -0.2) is 13.6 Å². The fraction of sp³-hybridized carbons (Fsp3) is 0.143. The SMILES string of the molecule is Cc1cc(Br)c2[nH]nc(NC(=O)c3cc(S(N)(=O)=O)cn3C)c2c1. The zero-order valence-corrected chi connectivity index (χ0v) is 15.2. The van der Waals surface area contributed by atoms with Crippen LogP contribution in [0.4, 0.5) is 5.82 Å². The molecule has 8 nitrogen and oxygen atoms in total. The minimum atomic E-state index is -3.87.